The predicted molar refractivity (Wildman–Crippen MR) is 112 cm³/mol. The molecule has 0 bridgehead atoms. The monoisotopic (exact) mass is 427 g/mol. The van der Waals surface area contributed by atoms with Crippen molar-refractivity contribution in [1.82, 2.24) is 14.5 Å². The van der Waals surface area contributed by atoms with E-state index < -0.39 is 10.0 Å². The fourth-order valence-electron chi connectivity index (χ4n) is 2.78. The van der Waals surface area contributed by atoms with Gasteiger partial charge in [0.1, 0.15) is 5.75 Å². The molecule has 0 saturated carbocycles. The zero-order chi connectivity index (χ0) is 21.7. The SMILES string of the molecule is COc1ccc(-c2ccc(=O)n(CCNS(=O)(=O)c3cccc(C(C)=O)c3)n2)cc1. The van der Waals surface area contributed by atoms with E-state index >= 15 is 0 Å². The average molecular weight is 427 g/mol. The molecule has 9 heteroatoms. The highest BCUT2D eigenvalue weighted by Crippen LogP contribution is 2.19. The zero-order valence-corrected chi connectivity index (χ0v) is 17.3. The van der Waals surface area contributed by atoms with Crippen LogP contribution in [-0.4, -0.2) is 37.6 Å². The Hall–Kier alpha value is -3.30. The van der Waals surface area contributed by atoms with E-state index in [9.17, 15) is 18.0 Å². The maximum atomic E-state index is 12.5. The number of carbonyl (C=O) groups is 1. The van der Waals surface area contributed by atoms with E-state index in [0.717, 1.165) is 5.56 Å². The molecule has 0 fully saturated rings. The summed E-state index contributed by atoms with van der Waals surface area (Å²) in [6.07, 6.45) is 0. The Labute approximate surface area is 174 Å². The highest BCUT2D eigenvalue weighted by atomic mass is 32.2. The van der Waals surface area contributed by atoms with E-state index in [2.05, 4.69) is 9.82 Å². The van der Waals surface area contributed by atoms with Crippen LogP contribution in [0, 0.1) is 0 Å². The van der Waals surface area contributed by atoms with Gasteiger partial charge < -0.3 is 4.74 Å². The summed E-state index contributed by atoms with van der Waals surface area (Å²) in [5.74, 6) is 0.480. The Bertz CT molecular complexity index is 1220. The number of sulfonamides is 1. The molecule has 1 aromatic heterocycles. The third kappa shape index (κ3) is 5.00. The van der Waals surface area contributed by atoms with Gasteiger partial charge in [-0.3, -0.25) is 9.59 Å². The van der Waals surface area contributed by atoms with E-state index in [1.54, 1.807) is 31.4 Å². The number of hydrogen-bond donors (Lipinski definition) is 1. The quantitative estimate of drug-likeness (QED) is 0.552. The summed E-state index contributed by atoms with van der Waals surface area (Å²) in [6, 6.07) is 16.0. The summed E-state index contributed by atoms with van der Waals surface area (Å²) in [5, 5.41) is 4.31. The van der Waals surface area contributed by atoms with Crippen LogP contribution in [-0.2, 0) is 16.6 Å². The number of rotatable bonds is 8. The number of aromatic nitrogens is 2. The lowest BCUT2D eigenvalue weighted by Gasteiger charge is -2.10. The number of carbonyl (C=O) groups excluding carboxylic acids is 1. The predicted octanol–water partition coefficient (Wildman–Crippen LogP) is 2.10. The molecule has 0 aliphatic heterocycles. The van der Waals surface area contributed by atoms with Crippen molar-refractivity contribution in [2.24, 2.45) is 0 Å². The smallest absolute Gasteiger partial charge is 0.266 e. The van der Waals surface area contributed by atoms with E-state index in [1.807, 2.05) is 12.1 Å². The van der Waals surface area contributed by atoms with Gasteiger partial charge in [0.25, 0.3) is 5.56 Å². The van der Waals surface area contributed by atoms with Crippen LogP contribution in [0.4, 0.5) is 0 Å². The summed E-state index contributed by atoms with van der Waals surface area (Å²) in [6.45, 7) is 1.38. The molecule has 0 unspecified atom stereocenters. The Morgan fingerprint density at radius 3 is 2.50 bits per heavy atom. The van der Waals surface area contributed by atoms with Crippen molar-refractivity contribution in [2.75, 3.05) is 13.7 Å². The summed E-state index contributed by atoms with van der Waals surface area (Å²) in [7, 11) is -2.25. The van der Waals surface area contributed by atoms with Gasteiger partial charge in [0.05, 0.1) is 24.2 Å². The van der Waals surface area contributed by atoms with Gasteiger partial charge in [-0.25, -0.2) is 17.8 Å². The van der Waals surface area contributed by atoms with E-state index in [1.165, 1.54) is 35.9 Å². The third-order valence-electron chi connectivity index (χ3n) is 4.42. The highest BCUT2D eigenvalue weighted by molar-refractivity contribution is 7.89. The first-order valence-electron chi connectivity index (χ1n) is 9.13. The van der Waals surface area contributed by atoms with Crippen LogP contribution in [0.1, 0.15) is 17.3 Å². The molecule has 3 rings (SSSR count). The molecule has 156 valence electrons. The number of nitrogens with one attached hydrogen (secondary N) is 1. The Kier molecular flexibility index (Phi) is 6.43. The average Bonchev–Trinajstić information content (AvgIpc) is 2.75. The van der Waals surface area contributed by atoms with Crippen LogP contribution >= 0.6 is 0 Å². The summed E-state index contributed by atoms with van der Waals surface area (Å²) in [5.41, 5.74) is 1.34. The fraction of sp³-hybridized carbons (Fsp3) is 0.190. The van der Waals surface area contributed by atoms with Crippen LogP contribution < -0.4 is 15.0 Å². The molecule has 0 spiro atoms. The first kappa shape index (κ1) is 21.4. The topological polar surface area (TPSA) is 107 Å². The van der Waals surface area contributed by atoms with Gasteiger partial charge in [-0.1, -0.05) is 12.1 Å². The zero-order valence-electron chi connectivity index (χ0n) is 16.5. The molecule has 8 nitrogen and oxygen atoms in total. The van der Waals surface area contributed by atoms with Gasteiger partial charge in [-0.05, 0) is 49.4 Å². The lowest BCUT2D eigenvalue weighted by molar-refractivity contribution is 0.101. The number of ether oxygens (including phenoxy) is 1. The van der Waals surface area contributed by atoms with Crippen LogP contribution in [0.3, 0.4) is 0 Å². The first-order valence-corrected chi connectivity index (χ1v) is 10.6. The molecule has 30 heavy (non-hydrogen) atoms. The molecule has 0 radical (unpaired) electrons. The molecule has 2 aromatic carbocycles. The molecular weight excluding hydrogens is 406 g/mol. The largest absolute Gasteiger partial charge is 0.497 e. The van der Waals surface area contributed by atoms with Gasteiger partial charge in [0.2, 0.25) is 10.0 Å². The molecule has 1 heterocycles. The standard InChI is InChI=1S/C21H21N3O5S/c1-15(25)17-4-3-5-19(14-17)30(27,28)22-12-13-24-21(26)11-10-20(23-24)16-6-8-18(29-2)9-7-16/h3-11,14,22H,12-13H2,1-2H3. The lowest BCUT2D eigenvalue weighted by atomic mass is 10.1. The molecule has 0 amide bonds. The maximum Gasteiger partial charge on any atom is 0.266 e. The number of ketones is 1. The molecule has 0 atom stereocenters. The van der Waals surface area contributed by atoms with Gasteiger partial charge in [-0.15, -0.1) is 0 Å². The number of hydrogen-bond acceptors (Lipinski definition) is 6. The van der Waals surface area contributed by atoms with Crippen molar-refractivity contribution in [3.8, 4) is 17.0 Å². The molecule has 0 saturated heterocycles. The summed E-state index contributed by atoms with van der Waals surface area (Å²) >= 11 is 0. The van der Waals surface area contributed by atoms with E-state index in [-0.39, 0.29) is 29.3 Å². The van der Waals surface area contributed by atoms with Crippen molar-refractivity contribution in [3.63, 3.8) is 0 Å². The minimum Gasteiger partial charge on any atom is -0.497 e. The summed E-state index contributed by atoms with van der Waals surface area (Å²) in [4.78, 5) is 23.6. The maximum absolute atomic E-state index is 12.5. The second-order valence-corrected chi connectivity index (χ2v) is 8.26. The lowest BCUT2D eigenvalue weighted by Crippen LogP contribution is -2.32. The van der Waals surface area contributed by atoms with Gasteiger partial charge in [-0.2, -0.15) is 5.10 Å². The fourth-order valence-corrected chi connectivity index (χ4v) is 3.84. The minimum absolute atomic E-state index is 0.0116. The third-order valence-corrected chi connectivity index (χ3v) is 5.88. The number of methoxy groups -OCH3 is 1. The van der Waals surface area contributed by atoms with Crippen LogP contribution in [0.25, 0.3) is 11.3 Å². The summed E-state index contributed by atoms with van der Waals surface area (Å²) < 4.78 is 33.7. The Balaban J connectivity index is 1.73. The Morgan fingerprint density at radius 2 is 1.83 bits per heavy atom. The second-order valence-electron chi connectivity index (χ2n) is 6.49. The van der Waals surface area contributed by atoms with E-state index in [0.29, 0.717) is 17.0 Å². The number of nitrogens with zero attached hydrogens (tertiary/aromatic N) is 2. The second kappa shape index (κ2) is 9.02. The van der Waals surface area contributed by atoms with Crippen LogP contribution in [0.5, 0.6) is 5.75 Å². The van der Waals surface area contributed by atoms with Gasteiger partial charge in [0.15, 0.2) is 5.78 Å². The molecule has 1 N–H and O–H groups in total. The van der Waals surface area contributed by atoms with Crippen molar-refractivity contribution >= 4 is 15.8 Å². The normalized spacial score (nSPS) is 11.3. The molecule has 0 aliphatic carbocycles. The minimum atomic E-state index is -3.83. The van der Waals surface area contributed by atoms with Gasteiger partial charge >= 0.3 is 0 Å². The molecular formula is C21H21N3O5S. The van der Waals surface area contributed by atoms with Crippen LogP contribution in [0.15, 0.2) is 70.4 Å². The van der Waals surface area contributed by atoms with Crippen molar-refractivity contribution in [3.05, 3.63) is 76.6 Å². The highest BCUT2D eigenvalue weighted by Gasteiger charge is 2.15. The van der Waals surface area contributed by atoms with E-state index in [4.69, 9.17) is 4.74 Å². The van der Waals surface area contributed by atoms with Gasteiger partial charge in [0, 0.05) is 23.7 Å². The number of benzene rings is 2. The first-order chi connectivity index (χ1) is 14.3. The van der Waals surface area contributed by atoms with Crippen LogP contribution in [0.2, 0.25) is 0 Å². The number of Topliss-reactive ketones (excluding diaryl/α,β-unsaturated/α-hetero) is 1. The molecule has 3 aromatic rings. The van der Waals surface area contributed by atoms with Crippen molar-refractivity contribution in [2.45, 2.75) is 18.4 Å². The molecule has 0 aliphatic rings. The Morgan fingerprint density at radius 1 is 1.10 bits per heavy atom. The van der Waals surface area contributed by atoms with Crippen molar-refractivity contribution in [1.29, 1.82) is 0 Å². The van der Waals surface area contributed by atoms with Crippen molar-refractivity contribution < 1.29 is 17.9 Å².